The molecule has 1 aliphatic heterocycles. The molecule has 2 atom stereocenters. The zero-order valence-electron chi connectivity index (χ0n) is 18.8. The Morgan fingerprint density at radius 1 is 1.23 bits per heavy atom. The Kier molecular flexibility index (Phi) is 5.60. The summed E-state index contributed by atoms with van der Waals surface area (Å²) in [6, 6.07) is 8.21. The highest BCUT2D eigenvalue weighted by Crippen LogP contribution is 2.33. The minimum Gasteiger partial charge on any atom is -0.312 e. The van der Waals surface area contributed by atoms with Crippen molar-refractivity contribution in [2.45, 2.75) is 52.6 Å². The largest absolute Gasteiger partial charge is 0.333 e. The summed E-state index contributed by atoms with van der Waals surface area (Å²) < 4.78 is 4.71. The van der Waals surface area contributed by atoms with Gasteiger partial charge in [0.15, 0.2) is 11.2 Å². The van der Waals surface area contributed by atoms with Crippen LogP contribution in [0.3, 0.4) is 0 Å². The fourth-order valence-corrected chi connectivity index (χ4v) is 4.38. The fourth-order valence-electron chi connectivity index (χ4n) is 4.38. The lowest BCUT2D eigenvalue weighted by molar-refractivity contribution is 0.457. The molecule has 3 aromatic rings. The Morgan fingerprint density at radius 2 is 1.94 bits per heavy atom. The molecule has 7 nitrogen and oxygen atoms in total. The molecule has 0 N–H and O–H groups in total. The van der Waals surface area contributed by atoms with Crippen LogP contribution in [0.5, 0.6) is 0 Å². The number of aromatic nitrogens is 4. The van der Waals surface area contributed by atoms with Gasteiger partial charge in [0.25, 0.3) is 5.56 Å². The highest BCUT2D eigenvalue weighted by atomic mass is 16.2. The molecule has 1 aromatic carbocycles. The van der Waals surface area contributed by atoms with Crippen LogP contribution in [0.15, 0.2) is 46.5 Å². The SMILES string of the molecule is C=C[C@@H](C)n1c(=O)c2c(nc3n2C[C@H](C)CN3c2ccc(CCCC)cc2)n(C)c1=O. The third kappa shape index (κ3) is 3.52. The van der Waals surface area contributed by atoms with Crippen LogP contribution in [0, 0.1) is 5.92 Å². The molecule has 4 rings (SSSR count). The number of rotatable bonds is 6. The van der Waals surface area contributed by atoms with Crippen LogP contribution in [0.4, 0.5) is 11.6 Å². The molecule has 0 saturated carbocycles. The zero-order valence-corrected chi connectivity index (χ0v) is 18.8. The third-order valence-electron chi connectivity index (χ3n) is 6.21. The molecule has 0 aliphatic carbocycles. The van der Waals surface area contributed by atoms with Crippen LogP contribution in [-0.2, 0) is 20.0 Å². The van der Waals surface area contributed by atoms with E-state index in [-0.39, 0.29) is 11.2 Å². The molecule has 164 valence electrons. The topological polar surface area (TPSA) is 65.1 Å². The molecular weight excluding hydrogens is 390 g/mol. The molecule has 0 amide bonds. The van der Waals surface area contributed by atoms with Crippen LogP contribution in [0.25, 0.3) is 11.2 Å². The first-order chi connectivity index (χ1) is 14.9. The fraction of sp³-hybridized carbons (Fsp3) is 0.458. The highest BCUT2D eigenvalue weighted by molar-refractivity contribution is 5.77. The summed E-state index contributed by atoms with van der Waals surface area (Å²) in [6.07, 6.45) is 5.04. The van der Waals surface area contributed by atoms with Gasteiger partial charge in [-0.15, -0.1) is 6.58 Å². The summed E-state index contributed by atoms with van der Waals surface area (Å²) in [4.78, 5) is 33.2. The van der Waals surface area contributed by atoms with E-state index in [4.69, 9.17) is 4.98 Å². The Bertz CT molecular complexity index is 1230. The molecule has 1 aliphatic rings. The molecule has 0 bridgehead atoms. The number of hydrogen-bond acceptors (Lipinski definition) is 4. The average Bonchev–Trinajstić information content (AvgIpc) is 3.15. The van der Waals surface area contributed by atoms with Gasteiger partial charge in [-0.05, 0) is 43.4 Å². The summed E-state index contributed by atoms with van der Waals surface area (Å²) in [5.74, 6) is 1.04. The van der Waals surface area contributed by atoms with Gasteiger partial charge in [-0.1, -0.05) is 38.5 Å². The monoisotopic (exact) mass is 421 g/mol. The van der Waals surface area contributed by atoms with Crippen LogP contribution in [-0.4, -0.2) is 25.2 Å². The number of nitrogens with zero attached hydrogens (tertiary/aromatic N) is 5. The second-order valence-electron chi connectivity index (χ2n) is 8.67. The van der Waals surface area contributed by atoms with Crippen LogP contribution in [0.2, 0.25) is 0 Å². The molecule has 0 spiro atoms. The van der Waals surface area contributed by atoms with Gasteiger partial charge in [0.05, 0.1) is 6.04 Å². The number of aryl methyl sites for hydroxylation is 2. The van der Waals surface area contributed by atoms with E-state index < -0.39 is 6.04 Å². The van der Waals surface area contributed by atoms with E-state index in [0.29, 0.717) is 29.6 Å². The van der Waals surface area contributed by atoms with Gasteiger partial charge in [0.2, 0.25) is 5.95 Å². The van der Waals surface area contributed by atoms with E-state index in [1.54, 1.807) is 20.0 Å². The maximum atomic E-state index is 13.4. The van der Waals surface area contributed by atoms with Crippen LogP contribution in [0.1, 0.15) is 45.2 Å². The number of unbranched alkanes of at least 4 members (excludes halogenated alkanes) is 1. The zero-order chi connectivity index (χ0) is 22.3. The van der Waals surface area contributed by atoms with Crippen molar-refractivity contribution in [3.8, 4) is 0 Å². The van der Waals surface area contributed by atoms with E-state index in [0.717, 1.165) is 18.7 Å². The smallest absolute Gasteiger partial charge is 0.312 e. The van der Waals surface area contributed by atoms with Gasteiger partial charge >= 0.3 is 5.69 Å². The predicted molar refractivity (Wildman–Crippen MR) is 125 cm³/mol. The van der Waals surface area contributed by atoms with Crippen molar-refractivity contribution in [3.05, 3.63) is 63.3 Å². The summed E-state index contributed by atoms with van der Waals surface area (Å²) in [6.45, 7) is 11.4. The lowest BCUT2D eigenvalue weighted by atomic mass is 10.1. The van der Waals surface area contributed by atoms with Gasteiger partial charge in [-0.2, -0.15) is 4.98 Å². The molecule has 0 saturated heterocycles. The molecule has 7 heteroatoms. The number of benzene rings is 1. The van der Waals surface area contributed by atoms with Gasteiger partial charge in [0, 0.05) is 25.8 Å². The first-order valence-corrected chi connectivity index (χ1v) is 11.1. The van der Waals surface area contributed by atoms with E-state index in [1.165, 1.54) is 27.5 Å². The summed E-state index contributed by atoms with van der Waals surface area (Å²) in [5.41, 5.74) is 2.59. The lowest BCUT2D eigenvalue weighted by Crippen LogP contribution is -2.41. The maximum Gasteiger partial charge on any atom is 0.333 e. The molecule has 0 radical (unpaired) electrons. The van der Waals surface area contributed by atoms with Crippen molar-refractivity contribution >= 4 is 22.8 Å². The van der Waals surface area contributed by atoms with Gasteiger partial charge in [0.1, 0.15) is 0 Å². The lowest BCUT2D eigenvalue weighted by Gasteiger charge is -2.33. The Balaban J connectivity index is 1.88. The van der Waals surface area contributed by atoms with Gasteiger partial charge in [-0.25, -0.2) is 4.79 Å². The molecule has 2 aromatic heterocycles. The van der Waals surface area contributed by atoms with E-state index >= 15 is 0 Å². The standard InChI is InChI=1S/C24H31N5O2/c1-6-8-9-18-10-12-19(13-11-18)27-14-16(3)15-28-20-21(25-23(27)28)26(5)24(31)29(22(20)30)17(4)7-2/h7,10-13,16-17H,2,6,8-9,14-15H2,1,3-5H3/t16-,17-/m1/s1. The summed E-state index contributed by atoms with van der Waals surface area (Å²) in [5, 5.41) is 0. The number of allylic oxidation sites excluding steroid dienone is 1. The number of imidazole rings is 1. The second-order valence-corrected chi connectivity index (χ2v) is 8.67. The average molecular weight is 422 g/mol. The van der Waals surface area contributed by atoms with Crippen molar-refractivity contribution in [2.24, 2.45) is 13.0 Å². The minimum absolute atomic E-state index is 0.312. The van der Waals surface area contributed by atoms with Gasteiger partial charge in [-0.3, -0.25) is 13.9 Å². The highest BCUT2D eigenvalue weighted by Gasteiger charge is 2.30. The quantitative estimate of drug-likeness (QED) is 0.568. The molecular formula is C24H31N5O2. The van der Waals surface area contributed by atoms with E-state index in [9.17, 15) is 9.59 Å². The van der Waals surface area contributed by atoms with E-state index in [2.05, 4.69) is 49.6 Å². The summed E-state index contributed by atoms with van der Waals surface area (Å²) in [7, 11) is 1.67. The first-order valence-electron chi connectivity index (χ1n) is 11.1. The van der Waals surface area contributed by atoms with E-state index in [1.807, 2.05) is 4.57 Å². The molecule has 3 heterocycles. The maximum absolute atomic E-state index is 13.4. The minimum atomic E-state index is -0.394. The van der Waals surface area contributed by atoms with Crippen LogP contribution < -0.4 is 16.1 Å². The second kappa shape index (κ2) is 8.21. The Labute approximate surface area is 182 Å². The normalized spacial score (nSPS) is 17.0. The molecule has 0 unspecified atom stereocenters. The number of fused-ring (bicyclic) bond motifs is 3. The van der Waals surface area contributed by atoms with Crippen LogP contribution >= 0.6 is 0 Å². The third-order valence-corrected chi connectivity index (χ3v) is 6.21. The number of hydrogen-bond donors (Lipinski definition) is 0. The van der Waals surface area contributed by atoms with Crippen molar-refractivity contribution < 1.29 is 0 Å². The summed E-state index contributed by atoms with van der Waals surface area (Å²) >= 11 is 0. The van der Waals surface area contributed by atoms with Crippen molar-refractivity contribution in [1.29, 1.82) is 0 Å². The van der Waals surface area contributed by atoms with Crippen molar-refractivity contribution in [3.63, 3.8) is 0 Å². The number of anilines is 2. The first kappa shape index (κ1) is 21.2. The van der Waals surface area contributed by atoms with Crippen molar-refractivity contribution in [2.75, 3.05) is 11.4 Å². The Morgan fingerprint density at radius 3 is 2.58 bits per heavy atom. The van der Waals surface area contributed by atoms with Crippen molar-refractivity contribution in [1.82, 2.24) is 18.7 Å². The van der Waals surface area contributed by atoms with Gasteiger partial charge < -0.3 is 9.47 Å². The Hall–Kier alpha value is -3.09. The predicted octanol–water partition coefficient (Wildman–Crippen LogP) is 3.77. The molecule has 31 heavy (non-hydrogen) atoms. The molecule has 0 fully saturated rings.